The number of ether oxygens (including phenoxy) is 1. The van der Waals surface area contributed by atoms with Crippen LogP contribution >= 0.6 is 0 Å². The standard InChI is InChI=1S/C11H18N6O2/c1-11(10(12)18)3-4-17(5-11)9-7(19-2)8(16-13)14-6-15-9/h6H,3-5,13H2,1-2H3,(H2,12,18)(H,14,15,16). The van der Waals surface area contributed by atoms with Gasteiger partial charge >= 0.3 is 0 Å². The van der Waals surface area contributed by atoms with Crippen molar-refractivity contribution >= 4 is 17.5 Å². The van der Waals surface area contributed by atoms with Crippen LogP contribution in [-0.4, -0.2) is 36.1 Å². The second-order valence-corrected chi connectivity index (χ2v) is 4.82. The molecule has 2 rings (SSSR count). The van der Waals surface area contributed by atoms with Crippen LogP contribution in [0, 0.1) is 5.41 Å². The Morgan fingerprint density at radius 2 is 2.32 bits per heavy atom. The van der Waals surface area contributed by atoms with Gasteiger partial charge in [0.05, 0.1) is 12.5 Å². The fraction of sp³-hybridized carbons (Fsp3) is 0.545. The maximum Gasteiger partial charge on any atom is 0.225 e. The fourth-order valence-electron chi connectivity index (χ4n) is 2.22. The Morgan fingerprint density at radius 1 is 1.58 bits per heavy atom. The first-order valence-electron chi connectivity index (χ1n) is 5.92. The van der Waals surface area contributed by atoms with Crippen LogP contribution < -0.4 is 26.6 Å². The van der Waals surface area contributed by atoms with Crippen molar-refractivity contribution in [2.75, 3.05) is 30.5 Å². The van der Waals surface area contributed by atoms with Crippen LogP contribution in [-0.2, 0) is 4.79 Å². The van der Waals surface area contributed by atoms with Crippen LogP contribution in [0.2, 0.25) is 0 Å². The second-order valence-electron chi connectivity index (χ2n) is 4.82. The van der Waals surface area contributed by atoms with E-state index in [4.69, 9.17) is 16.3 Å². The molecule has 0 aromatic carbocycles. The number of carbonyl (C=O) groups excluding carboxylic acids is 1. The lowest BCUT2D eigenvalue weighted by molar-refractivity contribution is -0.125. The molecular formula is C11H18N6O2. The minimum Gasteiger partial charge on any atom is -0.490 e. The molecule has 2 heterocycles. The molecule has 0 radical (unpaired) electrons. The quantitative estimate of drug-likeness (QED) is 0.495. The molecule has 1 unspecified atom stereocenters. The Bertz CT molecular complexity index is 494. The molecule has 1 aliphatic rings. The smallest absolute Gasteiger partial charge is 0.225 e. The minimum atomic E-state index is -0.549. The largest absolute Gasteiger partial charge is 0.490 e. The molecule has 1 saturated heterocycles. The van der Waals surface area contributed by atoms with Crippen molar-refractivity contribution in [1.82, 2.24) is 9.97 Å². The average molecular weight is 266 g/mol. The van der Waals surface area contributed by atoms with Gasteiger partial charge in [0.15, 0.2) is 11.6 Å². The average Bonchev–Trinajstić information content (AvgIpc) is 2.81. The number of nitrogens with zero attached hydrogens (tertiary/aromatic N) is 3. The third-order valence-electron chi connectivity index (χ3n) is 3.49. The molecule has 0 bridgehead atoms. The van der Waals surface area contributed by atoms with Gasteiger partial charge in [-0.3, -0.25) is 4.79 Å². The van der Waals surface area contributed by atoms with Gasteiger partial charge < -0.3 is 20.8 Å². The molecule has 1 fully saturated rings. The van der Waals surface area contributed by atoms with Gasteiger partial charge in [0.1, 0.15) is 6.33 Å². The van der Waals surface area contributed by atoms with Crippen molar-refractivity contribution in [2.45, 2.75) is 13.3 Å². The Balaban J connectivity index is 2.32. The van der Waals surface area contributed by atoms with E-state index in [2.05, 4.69) is 15.4 Å². The van der Waals surface area contributed by atoms with Crippen molar-refractivity contribution in [3.8, 4) is 5.75 Å². The van der Waals surface area contributed by atoms with E-state index in [-0.39, 0.29) is 5.91 Å². The maximum absolute atomic E-state index is 11.5. The summed E-state index contributed by atoms with van der Waals surface area (Å²) in [5.41, 5.74) is 7.35. The molecular weight excluding hydrogens is 248 g/mol. The molecule has 1 aromatic rings. The van der Waals surface area contributed by atoms with E-state index >= 15 is 0 Å². The number of anilines is 2. The minimum absolute atomic E-state index is 0.305. The van der Waals surface area contributed by atoms with E-state index in [1.165, 1.54) is 13.4 Å². The number of methoxy groups -OCH3 is 1. The summed E-state index contributed by atoms with van der Waals surface area (Å²) in [6.45, 7) is 3.03. The summed E-state index contributed by atoms with van der Waals surface area (Å²) in [7, 11) is 1.52. The lowest BCUT2D eigenvalue weighted by Gasteiger charge is -2.23. The third kappa shape index (κ3) is 2.26. The molecule has 0 spiro atoms. The van der Waals surface area contributed by atoms with Crippen LogP contribution in [0.15, 0.2) is 6.33 Å². The van der Waals surface area contributed by atoms with E-state index in [0.717, 1.165) is 0 Å². The van der Waals surface area contributed by atoms with Crippen LogP contribution in [0.5, 0.6) is 5.75 Å². The predicted octanol–water partition coefficient (Wildman–Crippen LogP) is -0.528. The van der Waals surface area contributed by atoms with Gasteiger partial charge in [0, 0.05) is 13.1 Å². The molecule has 8 nitrogen and oxygen atoms in total. The predicted molar refractivity (Wildman–Crippen MR) is 70.5 cm³/mol. The van der Waals surface area contributed by atoms with Crippen LogP contribution in [0.3, 0.4) is 0 Å². The monoisotopic (exact) mass is 266 g/mol. The summed E-state index contributed by atoms with van der Waals surface area (Å²) in [4.78, 5) is 21.6. The summed E-state index contributed by atoms with van der Waals surface area (Å²) in [6, 6.07) is 0. The van der Waals surface area contributed by atoms with E-state index in [0.29, 0.717) is 36.9 Å². The van der Waals surface area contributed by atoms with Crippen molar-refractivity contribution in [1.29, 1.82) is 0 Å². The number of primary amides is 1. The van der Waals surface area contributed by atoms with E-state index in [1.54, 1.807) is 0 Å². The summed E-state index contributed by atoms with van der Waals surface area (Å²) in [6.07, 6.45) is 2.08. The van der Waals surface area contributed by atoms with Crippen LogP contribution in [0.25, 0.3) is 0 Å². The van der Waals surface area contributed by atoms with E-state index in [1.807, 2.05) is 11.8 Å². The van der Waals surface area contributed by atoms with Crippen molar-refractivity contribution in [3.05, 3.63) is 6.33 Å². The Morgan fingerprint density at radius 3 is 2.84 bits per heavy atom. The van der Waals surface area contributed by atoms with E-state index in [9.17, 15) is 4.79 Å². The van der Waals surface area contributed by atoms with Crippen molar-refractivity contribution in [3.63, 3.8) is 0 Å². The number of amides is 1. The summed E-state index contributed by atoms with van der Waals surface area (Å²) >= 11 is 0. The molecule has 0 saturated carbocycles. The Labute approximate surface area is 111 Å². The molecule has 19 heavy (non-hydrogen) atoms. The molecule has 1 atom stereocenters. The third-order valence-corrected chi connectivity index (χ3v) is 3.49. The summed E-state index contributed by atoms with van der Waals surface area (Å²) in [5, 5.41) is 0. The number of rotatable bonds is 4. The molecule has 0 aliphatic carbocycles. The number of aromatic nitrogens is 2. The Kier molecular flexibility index (Phi) is 3.43. The highest BCUT2D eigenvalue weighted by atomic mass is 16.5. The van der Waals surface area contributed by atoms with Gasteiger partial charge in [-0.15, -0.1) is 0 Å². The van der Waals surface area contributed by atoms with Crippen molar-refractivity contribution < 1.29 is 9.53 Å². The zero-order chi connectivity index (χ0) is 14.0. The normalized spacial score (nSPS) is 22.4. The summed E-state index contributed by atoms with van der Waals surface area (Å²) < 4.78 is 5.28. The second kappa shape index (κ2) is 4.88. The van der Waals surface area contributed by atoms with Gasteiger partial charge in [-0.2, -0.15) is 0 Å². The number of hydrogen-bond acceptors (Lipinski definition) is 7. The highest BCUT2D eigenvalue weighted by Gasteiger charge is 2.40. The number of hydrazine groups is 1. The number of nitrogens with two attached hydrogens (primary N) is 2. The number of carbonyl (C=O) groups is 1. The maximum atomic E-state index is 11.5. The fourth-order valence-corrected chi connectivity index (χ4v) is 2.22. The molecule has 104 valence electrons. The van der Waals surface area contributed by atoms with Gasteiger partial charge in [0.25, 0.3) is 0 Å². The zero-order valence-corrected chi connectivity index (χ0v) is 11.0. The first kappa shape index (κ1) is 13.3. The lowest BCUT2D eigenvalue weighted by atomic mass is 9.89. The topological polar surface area (TPSA) is 119 Å². The number of hydrogen-bond donors (Lipinski definition) is 3. The first-order valence-corrected chi connectivity index (χ1v) is 5.92. The van der Waals surface area contributed by atoms with Gasteiger partial charge in [0.2, 0.25) is 11.7 Å². The van der Waals surface area contributed by atoms with Gasteiger partial charge in [-0.25, -0.2) is 15.8 Å². The van der Waals surface area contributed by atoms with Crippen LogP contribution in [0.1, 0.15) is 13.3 Å². The van der Waals surface area contributed by atoms with Gasteiger partial charge in [-0.05, 0) is 13.3 Å². The molecule has 1 aliphatic heterocycles. The molecule has 1 amide bonds. The highest BCUT2D eigenvalue weighted by Crippen LogP contribution is 2.38. The summed E-state index contributed by atoms with van der Waals surface area (Å²) in [5.74, 6) is 6.54. The highest BCUT2D eigenvalue weighted by molar-refractivity contribution is 5.82. The SMILES string of the molecule is COc1c(NN)ncnc1N1CCC(C)(C(N)=O)C1. The number of nitrogens with one attached hydrogen (secondary N) is 1. The number of nitrogen functional groups attached to an aromatic ring is 1. The molecule has 5 N–H and O–H groups in total. The Hall–Kier alpha value is -2.09. The van der Waals surface area contributed by atoms with Crippen molar-refractivity contribution in [2.24, 2.45) is 17.0 Å². The first-order chi connectivity index (χ1) is 9.01. The van der Waals surface area contributed by atoms with E-state index < -0.39 is 5.41 Å². The lowest BCUT2D eigenvalue weighted by Crippen LogP contribution is -2.37. The van der Waals surface area contributed by atoms with Gasteiger partial charge in [-0.1, -0.05) is 0 Å². The molecule has 8 heteroatoms. The van der Waals surface area contributed by atoms with Crippen LogP contribution in [0.4, 0.5) is 11.6 Å². The molecule has 1 aromatic heterocycles. The zero-order valence-electron chi connectivity index (χ0n) is 11.0.